The Morgan fingerprint density at radius 2 is 2.17 bits per heavy atom. The predicted octanol–water partition coefficient (Wildman–Crippen LogP) is 0.662. The molecule has 4 heteroatoms. The third kappa shape index (κ3) is 22.9. The normalized spacial score (nSPS) is 8.17. The molecule has 0 saturated carbocycles. The van der Waals surface area contributed by atoms with Gasteiger partial charge in [0, 0.05) is 25.9 Å². The van der Waals surface area contributed by atoms with E-state index in [1.54, 1.807) is 0 Å². The van der Waals surface area contributed by atoms with Crippen LogP contribution in [0.15, 0.2) is 12.7 Å². The van der Waals surface area contributed by atoms with Gasteiger partial charge in [-0.2, -0.15) is 0 Å². The number of aliphatic hydroxyl groups is 1. The number of ether oxygens (including phenoxy) is 1. The van der Waals surface area contributed by atoms with Gasteiger partial charge in [0.2, 0.25) is 0 Å². The van der Waals surface area contributed by atoms with Crippen molar-refractivity contribution in [1.82, 2.24) is 0 Å². The predicted molar refractivity (Wildman–Crippen MR) is 46.0 cm³/mol. The quantitative estimate of drug-likeness (QED) is 0.477. The summed E-state index contributed by atoms with van der Waals surface area (Å²) >= 11 is 0. The average Bonchev–Trinajstić information content (AvgIpc) is 2.07. The first kappa shape index (κ1) is 13.7. The first-order chi connectivity index (χ1) is 5.68. The number of aliphatic carboxylic acids is 1. The first-order valence-corrected chi connectivity index (χ1v) is 3.73. The highest BCUT2D eigenvalue weighted by Crippen LogP contribution is 1.77. The summed E-state index contributed by atoms with van der Waals surface area (Å²) in [7, 11) is 0. The van der Waals surface area contributed by atoms with Crippen molar-refractivity contribution in [3.05, 3.63) is 12.7 Å². The van der Waals surface area contributed by atoms with Gasteiger partial charge in [-0.25, -0.2) is 4.79 Å². The van der Waals surface area contributed by atoms with Gasteiger partial charge in [0.05, 0.1) is 0 Å². The van der Waals surface area contributed by atoms with Crippen LogP contribution in [0.2, 0.25) is 0 Å². The maximum absolute atomic E-state index is 9.25. The van der Waals surface area contributed by atoms with E-state index in [0.717, 1.165) is 19.1 Å². The fraction of sp³-hybridized carbons (Fsp3) is 0.625. The average molecular weight is 176 g/mol. The van der Waals surface area contributed by atoms with Crippen molar-refractivity contribution >= 4 is 5.97 Å². The van der Waals surface area contributed by atoms with E-state index in [1.807, 2.05) is 6.92 Å². The van der Waals surface area contributed by atoms with Crippen LogP contribution in [0.25, 0.3) is 0 Å². The number of hydrogen-bond acceptors (Lipinski definition) is 3. The molecule has 0 aliphatic heterocycles. The van der Waals surface area contributed by atoms with Crippen molar-refractivity contribution in [1.29, 1.82) is 0 Å². The van der Waals surface area contributed by atoms with E-state index in [9.17, 15) is 4.79 Å². The lowest BCUT2D eigenvalue weighted by atomic mass is 10.5. The first-order valence-electron chi connectivity index (χ1n) is 3.73. The third-order valence-electron chi connectivity index (χ3n) is 0.826. The Morgan fingerprint density at radius 3 is 2.42 bits per heavy atom. The fourth-order valence-electron chi connectivity index (χ4n) is 0.311. The zero-order valence-corrected chi connectivity index (χ0v) is 7.32. The summed E-state index contributed by atoms with van der Waals surface area (Å²) in [4.78, 5) is 9.25. The van der Waals surface area contributed by atoms with E-state index in [0.29, 0.717) is 6.61 Å². The van der Waals surface area contributed by atoms with Crippen LogP contribution in [0, 0.1) is 0 Å². The summed E-state index contributed by atoms with van der Waals surface area (Å²) in [5.41, 5.74) is 0. The standard InChI is InChI=1S/C5H12O2.C3H4O2/c1-2-7-5-3-4-6;1-2-3(4)5/h6H,2-5H2,1H3;2H,1H2,(H,4,5). The molecule has 0 amide bonds. The Morgan fingerprint density at radius 1 is 1.67 bits per heavy atom. The van der Waals surface area contributed by atoms with E-state index in [1.165, 1.54) is 0 Å². The molecule has 0 aromatic heterocycles. The summed E-state index contributed by atoms with van der Waals surface area (Å²) in [6.45, 7) is 6.58. The molecule has 0 unspecified atom stereocenters. The summed E-state index contributed by atoms with van der Waals surface area (Å²) in [6.07, 6.45) is 1.59. The molecule has 0 atom stereocenters. The molecule has 72 valence electrons. The van der Waals surface area contributed by atoms with Gasteiger partial charge in [0.25, 0.3) is 0 Å². The number of carboxylic acids is 1. The van der Waals surface area contributed by atoms with Gasteiger partial charge in [0.1, 0.15) is 0 Å². The number of rotatable bonds is 5. The Labute approximate surface area is 72.5 Å². The Hall–Kier alpha value is -0.870. The zero-order valence-electron chi connectivity index (χ0n) is 7.32. The molecule has 0 aliphatic rings. The van der Waals surface area contributed by atoms with Crippen LogP contribution in [0.4, 0.5) is 0 Å². The van der Waals surface area contributed by atoms with E-state index >= 15 is 0 Å². The number of carbonyl (C=O) groups is 1. The van der Waals surface area contributed by atoms with Crippen molar-refractivity contribution in [3.63, 3.8) is 0 Å². The second-order valence-corrected chi connectivity index (χ2v) is 1.82. The van der Waals surface area contributed by atoms with Crippen LogP contribution < -0.4 is 0 Å². The molecule has 0 aromatic carbocycles. The summed E-state index contributed by atoms with van der Waals surface area (Å²) < 4.78 is 4.91. The SMILES string of the molecule is C=CC(=O)O.CCOCCCO. The van der Waals surface area contributed by atoms with Gasteiger partial charge in [0.15, 0.2) is 0 Å². The molecule has 0 aromatic rings. The minimum absolute atomic E-state index is 0.236. The fourth-order valence-corrected chi connectivity index (χ4v) is 0.311. The van der Waals surface area contributed by atoms with Gasteiger partial charge in [-0.3, -0.25) is 0 Å². The molecule has 0 bridgehead atoms. The maximum Gasteiger partial charge on any atom is 0.327 e. The second kappa shape index (κ2) is 12.8. The van der Waals surface area contributed by atoms with Crippen LogP contribution in [0.1, 0.15) is 13.3 Å². The molecule has 2 N–H and O–H groups in total. The van der Waals surface area contributed by atoms with E-state index in [2.05, 4.69) is 6.58 Å². The molecule has 0 radical (unpaired) electrons. The highest BCUT2D eigenvalue weighted by molar-refractivity contribution is 5.78. The molecule has 4 nitrogen and oxygen atoms in total. The van der Waals surface area contributed by atoms with E-state index in [-0.39, 0.29) is 6.61 Å². The lowest BCUT2D eigenvalue weighted by Gasteiger charge is -1.94. The van der Waals surface area contributed by atoms with Crippen LogP contribution in [-0.2, 0) is 9.53 Å². The van der Waals surface area contributed by atoms with Crippen LogP contribution >= 0.6 is 0 Å². The maximum atomic E-state index is 9.25. The summed E-state index contributed by atoms with van der Waals surface area (Å²) in [6, 6.07) is 0. The molecule has 12 heavy (non-hydrogen) atoms. The van der Waals surface area contributed by atoms with Crippen molar-refractivity contribution in [2.45, 2.75) is 13.3 Å². The number of aliphatic hydroxyl groups excluding tert-OH is 1. The molecule has 0 heterocycles. The summed E-state index contributed by atoms with van der Waals surface area (Å²) in [5, 5.41) is 15.8. The smallest absolute Gasteiger partial charge is 0.327 e. The van der Waals surface area contributed by atoms with Crippen molar-refractivity contribution in [2.24, 2.45) is 0 Å². The van der Waals surface area contributed by atoms with Gasteiger partial charge < -0.3 is 14.9 Å². The van der Waals surface area contributed by atoms with Gasteiger partial charge in [-0.15, -0.1) is 0 Å². The van der Waals surface area contributed by atoms with Crippen LogP contribution in [0.3, 0.4) is 0 Å². The van der Waals surface area contributed by atoms with Gasteiger partial charge in [-0.1, -0.05) is 6.58 Å². The lowest BCUT2D eigenvalue weighted by molar-refractivity contribution is -0.131. The van der Waals surface area contributed by atoms with E-state index in [4.69, 9.17) is 14.9 Å². The highest BCUT2D eigenvalue weighted by Gasteiger charge is 1.79. The van der Waals surface area contributed by atoms with Crippen molar-refractivity contribution < 1.29 is 19.7 Å². The van der Waals surface area contributed by atoms with Crippen LogP contribution in [-0.4, -0.2) is 36.0 Å². The van der Waals surface area contributed by atoms with Gasteiger partial charge >= 0.3 is 5.97 Å². The van der Waals surface area contributed by atoms with E-state index < -0.39 is 5.97 Å². The highest BCUT2D eigenvalue weighted by atomic mass is 16.5. The third-order valence-corrected chi connectivity index (χ3v) is 0.826. The molecule has 0 saturated heterocycles. The topological polar surface area (TPSA) is 66.8 Å². The molecular formula is C8H16O4. The Kier molecular flexibility index (Phi) is 14.6. The largest absolute Gasteiger partial charge is 0.478 e. The lowest BCUT2D eigenvalue weighted by Crippen LogP contribution is -1.95. The molecular weight excluding hydrogens is 160 g/mol. The minimum atomic E-state index is -0.981. The van der Waals surface area contributed by atoms with Crippen LogP contribution in [0.5, 0.6) is 0 Å². The molecule has 0 spiro atoms. The molecule has 0 fully saturated rings. The van der Waals surface area contributed by atoms with Crippen molar-refractivity contribution in [3.8, 4) is 0 Å². The Bertz CT molecular complexity index is 108. The number of hydrogen-bond donors (Lipinski definition) is 2. The van der Waals surface area contributed by atoms with Crippen molar-refractivity contribution in [2.75, 3.05) is 19.8 Å². The monoisotopic (exact) mass is 176 g/mol. The zero-order chi connectivity index (χ0) is 9.82. The Balaban J connectivity index is 0. The second-order valence-electron chi connectivity index (χ2n) is 1.82. The van der Waals surface area contributed by atoms with Gasteiger partial charge in [-0.05, 0) is 13.3 Å². The summed E-state index contributed by atoms with van der Waals surface area (Å²) in [5.74, 6) is -0.981. The number of carboxylic acid groups (broad SMARTS) is 1. The minimum Gasteiger partial charge on any atom is -0.478 e. The molecule has 0 rings (SSSR count). The molecule has 0 aliphatic carbocycles.